The van der Waals surface area contributed by atoms with Crippen LogP contribution < -0.4 is 32.8 Å². The summed E-state index contributed by atoms with van der Waals surface area (Å²) in [6.07, 6.45) is 11.6. The number of hydrogen-bond acceptors (Lipinski definition) is 0. The second kappa shape index (κ2) is 15.7. The van der Waals surface area contributed by atoms with Crippen molar-refractivity contribution in [3.63, 3.8) is 0 Å². The molecule has 8 aliphatic rings. The van der Waals surface area contributed by atoms with Gasteiger partial charge in [0.2, 0.25) is 13.4 Å². The Bertz CT molecular complexity index is 4050. The Morgan fingerprint density at radius 2 is 0.762 bits per heavy atom. The van der Waals surface area contributed by atoms with Crippen molar-refractivity contribution in [2.75, 3.05) is 0 Å². The van der Waals surface area contributed by atoms with Crippen LogP contribution in [0.25, 0.3) is 49.8 Å². The zero-order valence-corrected chi connectivity index (χ0v) is 51.6. The van der Waals surface area contributed by atoms with E-state index in [0.717, 1.165) is 11.8 Å². The van der Waals surface area contributed by atoms with E-state index in [4.69, 9.17) is 0 Å². The highest BCUT2D eigenvalue weighted by Gasteiger charge is 2.49. The van der Waals surface area contributed by atoms with Gasteiger partial charge in [0.1, 0.15) is 11.3 Å². The lowest BCUT2D eigenvalue weighted by Gasteiger charge is -2.42. The number of hydrogen-bond donors (Lipinski definition) is 0. The van der Waals surface area contributed by atoms with Crippen LogP contribution in [0.3, 0.4) is 0 Å². The molecule has 6 aliphatic carbocycles. The van der Waals surface area contributed by atoms with E-state index in [1.807, 2.05) is 0 Å². The quantitative estimate of drug-likeness (QED) is 0.153. The SMILES string of the molecule is Cc1cc(C)c(B2c3cc(C(C)(C)C)cc4c3-n3c5c2c2cc6c(cc2n5c2cc5c(cc2n2c7cc8c(cc7c(c32)B4c2c(C)cc(C)cc2C)C(C)(C)CCC8(C)C)C2CC3CC(CC5C3)C2)C(C)(C)CCC6(C)C)c(C)c1. The number of aryl methyl sites for hydroxylation is 6. The van der Waals surface area contributed by atoms with Crippen molar-refractivity contribution >= 4 is 90.3 Å². The number of aromatic nitrogens is 3. The second-order valence-electron chi connectivity index (χ2n) is 31.9. The molecule has 17 rings (SSSR count). The Morgan fingerprint density at radius 3 is 1.11 bits per heavy atom. The monoisotopic (exact) mass is 1050 g/mol. The molecule has 3 nitrogen and oxygen atoms in total. The van der Waals surface area contributed by atoms with E-state index < -0.39 is 0 Å². The molecule has 6 aromatic carbocycles. The van der Waals surface area contributed by atoms with Crippen LogP contribution in [0.4, 0.5) is 0 Å². The molecule has 0 radical (unpaired) electrons. The van der Waals surface area contributed by atoms with Gasteiger partial charge >= 0.3 is 0 Å². The first-order valence-electron chi connectivity index (χ1n) is 31.5. The summed E-state index contributed by atoms with van der Waals surface area (Å²) in [5, 5.41) is 2.89. The summed E-state index contributed by atoms with van der Waals surface area (Å²) in [5.74, 6) is 2.91. The third kappa shape index (κ3) is 6.48. The van der Waals surface area contributed by atoms with E-state index in [-0.39, 0.29) is 40.5 Å². The fourth-order valence-electron chi connectivity index (χ4n) is 19.6. The Hall–Kier alpha value is -5.67. The van der Waals surface area contributed by atoms with Crippen molar-refractivity contribution in [2.45, 2.75) is 214 Å². The summed E-state index contributed by atoms with van der Waals surface area (Å²) in [5.41, 5.74) is 38.0. The summed E-state index contributed by atoms with van der Waals surface area (Å²) in [6, 6.07) is 32.2. The number of fused-ring (bicyclic) bond motifs is 11. The fraction of sp³-hybridized carbons (Fsp3) is 0.467. The molecule has 0 spiro atoms. The Morgan fingerprint density at radius 1 is 0.412 bits per heavy atom. The van der Waals surface area contributed by atoms with E-state index in [1.165, 1.54) is 179 Å². The Labute approximate surface area is 478 Å². The van der Waals surface area contributed by atoms with E-state index in [1.54, 1.807) is 33.4 Å². The lowest BCUT2D eigenvalue weighted by Crippen LogP contribution is -2.64. The maximum Gasteiger partial charge on any atom is 0.250 e. The average Bonchev–Trinajstić information content (AvgIpc) is 2.75. The average molecular weight is 1050 g/mol. The molecule has 406 valence electrons. The molecule has 0 atom stereocenters. The first-order valence-corrected chi connectivity index (χ1v) is 31.5. The van der Waals surface area contributed by atoms with E-state index in [0.29, 0.717) is 11.8 Å². The summed E-state index contributed by atoms with van der Waals surface area (Å²) in [7, 11) is 0. The molecule has 5 heterocycles. The van der Waals surface area contributed by atoms with Crippen LogP contribution in [-0.4, -0.2) is 26.8 Å². The van der Waals surface area contributed by atoms with Crippen molar-refractivity contribution in [1.29, 1.82) is 0 Å². The first-order chi connectivity index (χ1) is 37.7. The van der Waals surface area contributed by atoms with Crippen LogP contribution in [0.5, 0.6) is 0 Å². The predicted molar refractivity (Wildman–Crippen MR) is 344 cm³/mol. The van der Waals surface area contributed by atoms with Gasteiger partial charge in [-0.1, -0.05) is 157 Å². The van der Waals surface area contributed by atoms with Crippen LogP contribution in [0.1, 0.15) is 218 Å². The molecule has 0 amide bonds. The van der Waals surface area contributed by atoms with Crippen molar-refractivity contribution < 1.29 is 0 Å². The van der Waals surface area contributed by atoms with Gasteiger partial charge in [-0.3, -0.25) is 13.4 Å². The van der Waals surface area contributed by atoms with Crippen LogP contribution in [0, 0.1) is 53.4 Å². The highest BCUT2D eigenvalue weighted by Crippen LogP contribution is 2.57. The van der Waals surface area contributed by atoms with Gasteiger partial charge in [-0.2, -0.15) is 0 Å². The largest absolute Gasteiger partial charge is 0.294 e. The minimum absolute atomic E-state index is 0.00210. The van der Waals surface area contributed by atoms with Gasteiger partial charge in [-0.15, -0.1) is 0 Å². The summed E-state index contributed by atoms with van der Waals surface area (Å²) in [4.78, 5) is 0. The van der Waals surface area contributed by atoms with Gasteiger partial charge in [0, 0.05) is 5.69 Å². The van der Waals surface area contributed by atoms with Crippen molar-refractivity contribution in [3.8, 4) is 5.69 Å². The second-order valence-corrected chi connectivity index (χ2v) is 31.9. The van der Waals surface area contributed by atoms with Gasteiger partial charge in [0.25, 0.3) is 0 Å². The van der Waals surface area contributed by atoms with Crippen LogP contribution in [0.2, 0.25) is 0 Å². The van der Waals surface area contributed by atoms with Gasteiger partial charge in [0.05, 0.1) is 22.1 Å². The molecule has 3 aromatic heterocycles. The molecule has 2 saturated carbocycles. The number of benzene rings is 6. The zero-order chi connectivity index (χ0) is 55.7. The first kappa shape index (κ1) is 50.1. The molecule has 5 heteroatoms. The van der Waals surface area contributed by atoms with Crippen LogP contribution in [-0.2, 0) is 27.1 Å². The van der Waals surface area contributed by atoms with Gasteiger partial charge in [-0.25, -0.2) is 0 Å². The van der Waals surface area contributed by atoms with E-state index in [9.17, 15) is 0 Å². The summed E-state index contributed by atoms with van der Waals surface area (Å²) in [6.45, 7) is 42.1. The van der Waals surface area contributed by atoms with Gasteiger partial charge in [0.15, 0.2) is 0 Å². The molecule has 4 bridgehead atoms. The standard InChI is InChI=1S/C75H85B2N3/c1-39-22-41(3)64(42(4)23-39)76-58-31-49(71(7,8)9)32-59-68(58)80-69-66(76)52-33-54-56(74(14,15)20-18-72(54,10)11)37-60(52)78(69)62-35-50-47-27-45-26-46(28-47)30-48(29-45)51(50)36-63(62)79-61-38-57-55(73(12,13)19-21-75(57,16)17)34-53(61)67(70(79)80)77(59)65-43(5)24-40(2)25-44(65)6/h22-25,31-38,45-48H,18-21,26-30H2,1-17H3. The molecule has 2 aliphatic heterocycles. The maximum atomic E-state index is 2.94. The van der Waals surface area contributed by atoms with Crippen molar-refractivity contribution in [2.24, 2.45) is 11.8 Å². The van der Waals surface area contributed by atoms with Crippen molar-refractivity contribution in [3.05, 3.63) is 145 Å². The van der Waals surface area contributed by atoms with Crippen LogP contribution in [0.15, 0.2) is 72.8 Å². The highest BCUT2D eigenvalue weighted by atomic mass is 15.2. The Kier molecular flexibility index (Phi) is 9.83. The highest BCUT2D eigenvalue weighted by molar-refractivity contribution is 7.03. The molecule has 0 N–H and O–H groups in total. The van der Waals surface area contributed by atoms with Gasteiger partial charge < -0.3 is 0 Å². The topological polar surface area (TPSA) is 13.8 Å². The minimum Gasteiger partial charge on any atom is -0.294 e. The molecular weight excluding hydrogens is 964 g/mol. The van der Waals surface area contributed by atoms with E-state index in [2.05, 4.69) is 204 Å². The fourth-order valence-corrected chi connectivity index (χ4v) is 19.6. The third-order valence-electron chi connectivity index (χ3n) is 23.5. The molecule has 0 saturated heterocycles. The molecule has 80 heavy (non-hydrogen) atoms. The molecule has 2 fully saturated rings. The number of nitrogens with zero attached hydrogens (tertiary/aromatic N) is 3. The van der Waals surface area contributed by atoms with Crippen LogP contribution >= 0.6 is 0 Å². The lowest BCUT2D eigenvalue weighted by molar-refractivity contribution is 0.166. The summed E-state index contributed by atoms with van der Waals surface area (Å²) >= 11 is 0. The molecule has 0 unspecified atom stereocenters. The smallest absolute Gasteiger partial charge is 0.250 e. The molecular formula is C75H85B2N3. The molecule has 9 aromatic rings. The maximum absolute atomic E-state index is 2.94. The normalized spacial score (nSPS) is 23.2. The van der Waals surface area contributed by atoms with Crippen molar-refractivity contribution in [1.82, 2.24) is 13.4 Å². The predicted octanol–water partition coefficient (Wildman–Crippen LogP) is 14.9. The summed E-state index contributed by atoms with van der Waals surface area (Å²) < 4.78 is 8.78. The number of rotatable bonds is 2. The van der Waals surface area contributed by atoms with E-state index >= 15 is 0 Å². The third-order valence-corrected chi connectivity index (χ3v) is 23.5. The van der Waals surface area contributed by atoms with Gasteiger partial charge in [-0.05, 0) is 258 Å². The Balaban J connectivity index is 1.25. The zero-order valence-electron chi connectivity index (χ0n) is 51.6. The minimum atomic E-state index is -0.104. The lowest BCUT2D eigenvalue weighted by atomic mass is 9.30.